The van der Waals surface area contributed by atoms with Crippen LogP contribution in [-0.2, 0) is 4.79 Å². The molecule has 0 spiro atoms. The van der Waals surface area contributed by atoms with E-state index >= 15 is 0 Å². The lowest BCUT2D eigenvalue weighted by molar-refractivity contribution is -0.112. The molecule has 0 aliphatic heterocycles. The first-order chi connectivity index (χ1) is 4.26. The summed E-state index contributed by atoms with van der Waals surface area (Å²) >= 11 is 0. The van der Waals surface area contributed by atoms with Gasteiger partial charge in [0.25, 0.3) is 0 Å². The molecule has 9 heavy (non-hydrogen) atoms. The lowest BCUT2D eigenvalue weighted by Crippen LogP contribution is -2.10. The summed E-state index contributed by atoms with van der Waals surface area (Å²) in [5.74, 6) is 0.850. The van der Waals surface area contributed by atoms with Crippen LogP contribution in [0.3, 0.4) is 0 Å². The van der Waals surface area contributed by atoms with E-state index in [0.717, 1.165) is 19.1 Å². The minimum absolute atomic E-state index is 0.287. The Morgan fingerprint density at radius 2 is 1.89 bits per heavy atom. The van der Waals surface area contributed by atoms with Crippen molar-refractivity contribution in [2.45, 2.75) is 33.6 Å². The van der Waals surface area contributed by atoms with E-state index in [0.29, 0.717) is 5.92 Å². The predicted octanol–water partition coefficient (Wildman–Crippen LogP) is 2.26. The fourth-order valence-corrected chi connectivity index (χ4v) is 0.935. The second kappa shape index (κ2) is 4.54. The summed E-state index contributed by atoms with van der Waals surface area (Å²) in [6.07, 6.45) is 3.17. The zero-order valence-electron chi connectivity index (χ0n) is 6.55. The van der Waals surface area contributed by atoms with E-state index in [1.807, 2.05) is 0 Å². The molecule has 0 rings (SSSR count). The normalized spacial score (nSPS) is 16.8. The van der Waals surface area contributed by atoms with Crippen LogP contribution in [0, 0.1) is 11.8 Å². The molecule has 1 heteroatoms. The molecule has 0 N–H and O–H groups in total. The first-order valence-corrected chi connectivity index (χ1v) is 3.71. The molecule has 0 aliphatic carbocycles. The van der Waals surface area contributed by atoms with E-state index in [-0.39, 0.29) is 5.92 Å². The molecule has 0 saturated carbocycles. The number of carbonyl (C=O) groups excluding carboxylic acids is 1. The van der Waals surface area contributed by atoms with Gasteiger partial charge >= 0.3 is 0 Å². The molecule has 0 aromatic heterocycles. The Bertz CT molecular complexity index is 78.6. The van der Waals surface area contributed by atoms with Gasteiger partial charge in [-0.2, -0.15) is 0 Å². The fraction of sp³-hybridized carbons (Fsp3) is 0.875. The van der Waals surface area contributed by atoms with E-state index in [2.05, 4.69) is 20.8 Å². The van der Waals surface area contributed by atoms with Gasteiger partial charge in [-0.1, -0.05) is 27.2 Å². The summed E-state index contributed by atoms with van der Waals surface area (Å²) in [6.45, 7) is 6.31. The lowest BCUT2D eigenvalue weighted by atomic mass is 9.91. The molecule has 0 amide bonds. The Morgan fingerprint density at radius 1 is 1.33 bits per heavy atom. The third kappa shape index (κ3) is 2.64. The molecule has 0 saturated heterocycles. The zero-order chi connectivity index (χ0) is 7.28. The molecule has 1 nitrogen and oxygen atoms in total. The van der Waals surface area contributed by atoms with Crippen molar-refractivity contribution in [3.05, 3.63) is 0 Å². The van der Waals surface area contributed by atoms with Crippen LogP contribution in [0.1, 0.15) is 33.6 Å². The number of hydrogen-bond acceptors (Lipinski definition) is 1. The Balaban J connectivity index is 3.63. The Hall–Kier alpha value is -0.330. The number of aldehydes is 1. The van der Waals surface area contributed by atoms with Gasteiger partial charge in [-0.25, -0.2) is 0 Å². The summed E-state index contributed by atoms with van der Waals surface area (Å²) in [6, 6.07) is 0. The van der Waals surface area contributed by atoms with Crippen LogP contribution in [0.2, 0.25) is 0 Å². The maximum Gasteiger partial charge on any atom is 0.123 e. The summed E-state index contributed by atoms with van der Waals surface area (Å²) in [4.78, 5) is 10.3. The molecule has 0 fully saturated rings. The number of hydrogen-bond donors (Lipinski definition) is 0. The molecule has 2 atom stereocenters. The topological polar surface area (TPSA) is 17.1 Å². The third-order valence-corrected chi connectivity index (χ3v) is 2.02. The van der Waals surface area contributed by atoms with E-state index in [1.165, 1.54) is 0 Å². The Labute approximate surface area is 57.5 Å². The first-order valence-electron chi connectivity index (χ1n) is 3.71. The molecular weight excluding hydrogens is 112 g/mol. The monoisotopic (exact) mass is 128 g/mol. The summed E-state index contributed by atoms with van der Waals surface area (Å²) in [5, 5.41) is 0. The maximum atomic E-state index is 10.3. The standard InChI is InChI=1S/C8H16O/c1-4-7(3)8(5-2)6-9/h6-8H,4-5H2,1-3H3/t7?,8-/m1/s1. The van der Waals surface area contributed by atoms with Crippen molar-refractivity contribution in [2.24, 2.45) is 11.8 Å². The summed E-state index contributed by atoms with van der Waals surface area (Å²) in [7, 11) is 0. The quantitative estimate of drug-likeness (QED) is 0.531. The van der Waals surface area contributed by atoms with Crippen molar-refractivity contribution in [1.29, 1.82) is 0 Å². The van der Waals surface area contributed by atoms with Crippen LogP contribution >= 0.6 is 0 Å². The van der Waals surface area contributed by atoms with Gasteiger partial charge in [-0.05, 0) is 12.3 Å². The second-order valence-electron chi connectivity index (χ2n) is 2.59. The van der Waals surface area contributed by atoms with Crippen LogP contribution in [0.15, 0.2) is 0 Å². The summed E-state index contributed by atoms with van der Waals surface area (Å²) in [5.41, 5.74) is 0. The van der Waals surface area contributed by atoms with Crippen LogP contribution in [0.25, 0.3) is 0 Å². The molecule has 0 radical (unpaired) electrons. The van der Waals surface area contributed by atoms with Crippen molar-refractivity contribution in [3.8, 4) is 0 Å². The smallest absolute Gasteiger partial charge is 0.123 e. The highest BCUT2D eigenvalue weighted by atomic mass is 16.1. The molecule has 0 aromatic carbocycles. The van der Waals surface area contributed by atoms with Crippen LogP contribution < -0.4 is 0 Å². The van der Waals surface area contributed by atoms with Crippen molar-refractivity contribution in [2.75, 3.05) is 0 Å². The highest BCUT2D eigenvalue weighted by molar-refractivity contribution is 5.53. The highest BCUT2D eigenvalue weighted by Crippen LogP contribution is 2.15. The van der Waals surface area contributed by atoms with Gasteiger partial charge in [-0.15, -0.1) is 0 Å². The molecule has 0 aliphatic rings. The lowest BCUT2D eigenvalue weighted by Gasteiger charge is -2.13. The minimum atomic E-state index is 0.287. The van der Waals surface area contributed by atoms with Gasteiger partial charge in [-0.3, -0.25) is 0 Å². The van der Waals surface area contributed by atoms with E-state index < -0.39 is 0 Å². The maximum absolute atomic E-state index is 10.3. The van der Waals surface area contributed by atoms with Crippen molar-refractivity contribution < 1.29 is 4.79 Å². The minimum Gasteiger partial charge on any atom is -0.303 e. The zero-order valence-corrected chi connectivity index (χ0v) is 6.55. The summed E-state index contributed by atoms with van der Waals surface area (Å²) < 4.78 is 0. The predicted molar refractivity (Wildman–Crippen MR) is 39.3 cm³/mol. The average molecular weight is 128 g/mol. The van der Waals surface area contributed by atoms with Crippen LogP contribution in [0.5, 0.6) is 0 Å². The van der Waals surface area contributed by atoms with Gasteiger partial charge in [0.1, 0.15) is 6.29 Å². The number of carbonyl (C=O) groups is 1. The van der Waals surface area contributed by atoms with Crippen molar-refractivity contribution in [3.63, 3.8) is 0 Å². The molecule has 0 aromatic rings. The highest BCUT2D eigenvalue weighted by Gasteiger charge is 2.10. The molecule has 0 heterocycles. The molecule has 54 valence electrons. The van der Waals surface area contributed by atoms with Crippen LogP contribution in [0.4, 0.5) is 0 Å². The van der Waals surface area contributed by atoms with Gasteiger partial charge in [0, 0.05) is 5.92 Å². The first kappa shape index (κ1) is 8.67. The van der Waals surface area contributed by atoms with Crippen molar-refractivity contribution in [1.82, 2.24) is 0 Å². The van der Waals surface area contributed by atoms with E-state index in [4.69, 9.17) is 0 Å². The average Bonchev–Trinajstić information content (AvgIpc) is 1.90. The fourth-order valence-electron chi connectivity index (χ4n) is 0.935. The third-order valence-electron chi connectivity index (χ3n) is 2.02. The molecule has 0 bridgehead atoms. The Morgan fingerprint density at radius 3 is 2.00 bits per heavy atom. The van der Waals surface area contributed by atoms with Gasteiger partial charge in [0.05, 0.1) is 0 Å². The van der Waals surface area contributed by atoms with Gasteiger partial charge in [0.2, 0.25) is 0 Å². The molecule has 1 unspecified atom stereocenters. The van der Waals surface area contributed by atoms with E-state index in [1.54, 1.807) is 0 Å². The largest absolute Gasteiger partial charge is 0.303 e. The van der Waals surface area contributed by atoms with E-state index in [9.17, 15) is 4.79 Å². The number of rotatable bonds is 4. The molecular formula is C8H16O. The SMILES string of the molecule is CCC(C)[C@@H](C=O)CC. The van der Waals surface area contributed by atoms with Gasteiger partial charge in [0.15, 0.2) is 0 Å². The van der Waals surface area contributed by atoms with Gasteiger partial charge < -0.3 is 4.79 Å². The van der Waals surface area contributed by atoms with Crippen molar-refractivity contribution >= 4 is 6.29 Å². The van der Waals surface area contributed by atoms with Crippen LogP contribution in [-0.4, -0.2) is 6.29 Å². The second-order valence-corrected chi connectivity index (χ2v) is 2.59. The Kier molecular flexibility index (Phi) is 4.37.